The first-order valence-corrected chi connectivity index (χ1v) is 10.2. The molecule has 0 atom stereocenters. The minimum atomic E-state index is -3.63. The largest absolute Gasteiger partial charge is 0.471 e. The molecule has 0 radical (unpaired) electrons. The van der Waals surface area contributed by atoms with Crippen LogP contribution in [0.25, 0.3) is 22.1 Å². The van der Waals surface area contributed by atoms with E-state index >= 15 is 0 Å². The number of benzene rings is 2. The van der Waals surface area contributed by atoms with Crippen molar-refractivity contribution in [1.82, 2.24) is 30.3 Å². The predicted molar refractivity (Wildman–Crippen MR) is 94.5 cm³/mol. The minimum absolute atomic E-state index is 0.107. The van der Waals surface area contributed by atoms with Crippen molar-refractivity contribution in [3.05, 3.63) is 48.5 Å². The fraction of sp³-hybridized carbons (Fsp3) is 0.143. The molecule has 0 saturated carbocycles. The lowest BCUT2D eigenvalue weighted by atomic mass is 10.3. The van der Waals surface area contributed by atoms with E-state index in [9.17, 15) is 4.57 Å². The Balaban J connectivity index is 1.68. The molecule has 9 nitrogen and oxygen atoms in total. The van der Waals surface area contributed by atoms with E-state index in [2.05, 4.69) is 36.6 Å². The molecular formula is C14H12BrN6O3P. The highest BCUT2D eigenvalue weighted by Crippen LogP contribution is 2.41. The molecule has 128 valence electrons. The molecule has 0 spiro atoms. The summed E-state index contributed by atoms with van der Waals surface area (Å²) in [5.41, 5.74) is 2.42. The molecule has 0 amide bonds. The third-order valence-corrected chi connectivity index (χ3v) is 5.99. The van der Waals surface area contributed by atoms with Crippen LogP contribution in [-0.4, -0.2) is 41.8 Å². The van der Waals surface area contributed by atoms with Crippen molar-refractivity contribution in [3.63, 3.8) is 0 Å². The van der Waals surface area contributed by atoms with Crippen LogP contribution in [0.3, 0.4) is 0 Å². The Labute approximate surface area is 150 Å². The number of aromatic nitrogens is 6. The van der Waals surface area contributed by atoms with Crippen molar-refractivity contribution in [3.8, 4) is 0 Å². The predicted octanol–water partition coefficient (Wildman–Crippen LogP) is 2.32. The summed E-state index contributed by atoms with van der Waals surface area (Å²) < 4.78 is 24.3. The van der Waals surface area contributed by atoms with Crippen LogP contribution < -0.4 is 9.25 Å². The lowest BCUT2D eigenvalue weighted by Gasteiger charge is -2.17. The minimum Gasteiger partial charge on any atom is -0.302 e. The monoisotopic (exact) mass is 422 g/mol. The van der Waals surface area contributed by atoms with E-state index in [1.807, 2.05) is 24.3 Å². The number of para-hydroxylation sites is 2. The van der Waals surface area contributed by atoms with Gasteiger partial charge < -0.3 is 9.25 Å². The van der Waals surface area contributed by atoms with Crippen LogP contribution in [0.2, 0.25) is 0 Å². The van der Waals surface area contributed by atoms with Crippen LogP contribution in [0.1, 0.15) is 0 Å². The number of fused-ring (bicyclic) bond motifs is 2. The number of alkyl halides is 1. The molecule has 11 heteroatoms. The molecule has 0 N–H and O–H groups in total. The first kappa shape index (κ1) is 16.0. The second kappa shape index (κ2) is 6.45. The van der Waals surface area contributed by atoms with Crippen molar-refractivity contribution in [1.29, 1.82) is 0 Å². The number of hydrogen-bond donors (Lipinski definition) is 0. The van der Waals surface area contributed by atoms with Gasteiger partial charge in [-0.05, 0) is 34.7 Å². The number of halogens is 1. The maximum absolute atomic E-state index is 13.2. The second-order valence-electron chi connectivity index (χ2n) is 5.09. The number of hydrogen-bond acceptors (Lipinski definition) is 7. The van der Waals surface area contributed by atoms with E-state index in [1.54, 1.807) is 24.3 Å². The molecule has 0 saturated heterocycles. The van der Waals surface area contributed by atoms with Gasteiger partial charge in [0.25, 0.3) is 0 Å². The SMILES string of the molecule is O=P(CCBr)(On1nnc2ccccc21)On1nnc2ccccc21. The van der Waals surface area contributed by atoms with Crippen molar-refractivity contribution < 1.29 is 13.8 Å². The summed E-state index contributed by atoms with van der Waals surface area (Å²) >= 11 is 3.27. The maximum atomic E-state index is 13.2. The molecule has 0 bridgehead atoms. The standard InChI is InChI=1S/C14H12BrN6O3P/c15-9-10-25(22,23-20-13-7-3-1-5-11(13)16-18-20)24-21-14-8-4-2-6-12(14)17-19-21/h1-8H,9-10H2. The van der Waals surface area contributed by atoms with Crippen molar-refractivity contribution in [2.24, 2.45) is 0 Å². The van der Waals surface area contributed by atoms with Crippen molar-refractivity contribution >= 4 is 45.6 Å². The van der Waals surface area contributed by atoms with Gasteiger partial charge in [0.2, 0.25) is 0 Å². The summed E-state index contributed by atoms with van der Waals surface area (Å²) in [6.07, 6.45) is 0.107. The Hall–Kier alpha value is -2.45. The third-order valence-electron chi connectivity index (χ3n) is 3.40. The lowest BCUT2D eigenvalue weighted by molar-refractivity contribution is 0.147. The summed E-state index contributed by atoms with van der Waals surface area (Å²) in [5.74, 6) is 0. The highest BCUT2D eigenvalue weighted by molar-refractivity contribution is 9.09. The van der Waals surface area contributed by atoms with Gasteiger partial charge >= 0.3 is 7.60 Å². The molecule has 0 aliphatic rings. The van der Waals surface area contributed by atoms with Crippen molar-refractivity contribution in [2.45, 2.75) is 0 Å². The van der Waals surface area contributed by atoms with Crippen LogP contribution in [0.4, 0.5) is 0 Å². The van der Waals surface area contributed by atoms with E-state index in [-0.39, 0.29) is 6.16 Å². The second-order valence-corrected chi connectivity index (χ2v) is 7.88. The Morgan fingerprint density at radius 2 is 1.36 bits per heavy atom. The smallest absolute Gasteiger partial charge is 0.302 e. The average molecular weight is 423 g/mol. The van der Waals surface area contributed by atoms with E-state index in [1.165, 1.54) is 0 Å². The van der Waals surface area contributed by atoms with Crippen LogP contribution in [0, 0.1) is 0 Å². The summed E-state index contributed by atoms with van der Waals surface area (Å²) in [4.78, 5) is 2.22. The fourth-order valence-corrected chi connectivity index (χ4v) is 4.67. The molecule has 25 heavy (non-hydrogen) atoms. The topological polar surface area (TPSA) is 97.0 Å². The molecular weight excluding hydrogens is 411 g/mol. The maximum Gasteiger partial charge on any atom is 0.471 e. The zero-order chi connectivity index (χ0) is 17.3. The summed E-state index contributed by atoms with van der Waals surface area (Å²) in [6.45, 7) is 0. The van der Waals surface area contributed by atoms with E-state index in [0.717, 1.165) is 9.69 Å². The molecule has 0 unspecified atom stereocenters. The van der Waals surface area contributed by atoms with E-state index in [0.29, 0.717) is 27.4 Å². The van der Waals surface area contributed by atoms with Gasteiger partial charge in [0.1, 0.15) is 22.1 Å². The zero-order valence-electron chi connectivity index (χ0n) is 12.8. The van der Waals surface area contributed by atoms with Gasteiger partial charge in [-0.15, -0.1) is 10.2 Å². The van der Waals surface area contributed by atoms with Gasteiger partial charge in [0, 0.05) is 5.33 Å². The molecule has 2 heterocycles. The molecule has 4 aromatic rings. The Bertz CT molecular complexity index is 1000. The van der Waals surface area contributed by atoms with E-state index < -0.39 is 7.60 Å². The Morgan fingerprint density at radius 3 is 1.84 bits per heavy atom. The van der Waals surface area contributed by atoms with Gasteiger partial charge in [-0.2, -0.15) is 0 Å². The summed E-state index contributed by atoms with van der Waals surface area (Å²) in [6, 6.07) is 14.4. The van der Waals surface area contributed by atoms with Gasteiger partial charge in [0.05, 0.1) is 6.16 Å². The quantitative estimate of drug-likeness (QED) is 0.347. The van der Waals surface area contributed by atoms with Gasteiger partial charge in [-0.3, -0.25) is 0 Å². The first-order valence-electron chi connectivity index (χ1n) is 7.35. The lowest BCUT2D eigenvalue weighted by Crippen LogP contribution is -2.22. The fourth-order valence-electron chi connectivity index (χ4n) is 2.25. The molecule has 2 aromatic carbocycles. The number of nitrogens with zero attached hydrogens (tertiary/aromatic N) is 6. The van der Waals surface area contributed by atoms with Gasteiger partial charge in [0.15, 0.2) is 0 Å². The highest BCUT2D eigenvalue weighted by atomic mass is 79.9. The Kier molecular flexibility index (Phi) is 4.14. The third kappa shape index (κ3) is 3.10. The molecule has 4 rings (SSSR count). The van der Waals surface area contributed by atoms with E-state index in [4.69, 9.17) is 9.25 Å². The molecule has 0 aliphatic carbocycles. The molecule has 0 fully saturated rings. The van der Waals surface area contributed by atoms with Gasteiger partial charge in [-0.1, -0.05) is 49.9 Å². The van der Waals surface area contributed by atoms with Gasteiger partial charge in [-0.25, -0.2) is 4.57 Å². The highest BCUT2D eigenvalue weighted by Gasteiger charge is 2.31. The average Bonchev–Trinajstić information content (AvgIpc) is 3.20. The first-order chi connectivity index (χ1) is 12.2. The van der Waals surface area contributed by atoms with Crippen LogP contribution in [0.15, 0.2) is 48.5 Å². The summed E-state index contributed by atoms with van der Waals surface area (Å²) in [7, 11) is -3.63. The Morgan fingerprint density at radius 1 is 0.880 bits per heavy atom. The summed E-state index contributed by atoms with van der Waals surface area (Å²) in [5, 5.41) is 16.1. The molecule has 0 aliphatic heterocycles. The normalized spacial score (nSPS) is 11.9. The van der Waals surface area contributed by atoms with Crippen LogP contribution >= 0.6 is 23.5 Å². The zero-order valence-corrected chi connectivity index (χ0v) is 15.2. The van der Waals surface area contributed by atoms with Crippen LogP contribution in [-0.2, 0) is 4.57 Å². The molecule has 2 aromatic heterocycles. The number of rotatable bonds is 6. The van der Waals surface area contributed by atoms with Crippen LogP contribution in [0.5, 0.6) is 0 Å². The van der Waals surface area contributed by atoms with Crippen molar-refractivity contribution in [2.75, 3.05) is 11.5 Å².